The minimum absolute atomic E-state index is 0.354. The molecule has 4 heterocycles. The van der Waals surface area contributed by atoms with Crippen molar-refractivity contribution in [2.75, 3.05) is 11.5 Å². The van der Waals surface area contributed by atoms with Crippen molar-refractivity contribution >= 4 is 53.8 Å². The molecule has 0 saturated carbocycles. The molecule has 0 amide bonds. The van der Waals surface area contributed by atoms with Gasteiger partial charge in [0, 0.05) is 91.4 Å². The Labute approximate surface area is 369 Å². The van der Waals surface area contributed by atoms with Gasteiger partial charge in [-0.2, -0.15) is 10.2 Å². The van der Waals surface area contributed by atoms with E-state index in [1.165, 1.54) is 12.2 Å². The van der Waals surface area contributed by atoms with Gasteiger partial charge in [0.25, 0.3) is 0 Å². The van der Waals surface area contributed by atoms with Gasteiger partial charge in [0.1, 0.15) is 0 Å². The number of fused-ring (bicyclic) bond motifs is 2. The fourth-order valence-corrected chi connectivity index (χ4v) is 11.8. The van der Waals surface area contributed by atoms with Crippen LogP contribution in [0.1, 0.15) is 82.1 Å². The first-order valence-electron chi connectivity index (χ1n) is 20.3. The van der Waals surface area contributed by atoms with E-state index in [1.807, 2.05) is 131 Å². The molecule has 324 valence electrons. The SMILES string of the molecule is C[C@@H](NS(=O)(=O)/C=C/c1nn(Cc2ccccc2)c2c1CS(=O)CC2)c1ccccc1.C[C@H](NS(=O)(=O)/C=C/c1nn(Cc2ccccc2)c2c1CS(=O)CC2)c1ccccc1. The largest absolute Gasteiger partial charge is 0.264 e. The second kappa shape index (κ2) is 20.4. The van der Waals surface area contributed by atoms with Crippen molar-refractivity contribution in [1.29, 1.82) is 0 Å². The van der Waals surface area contributed by atoms with Gasteiger partial charge in [-0.25, -0.2) is 26.3 Å². The number of aromatic nitrogens is 4. The van der Waals surface area contributed by atoms with Gasteiger partial charge in [-0.3, -0.25) is 17.8 Å². The molecule has 16 heteroatoms. The molecule has 2 aromatic heterocycles. The van der Waals surface area contributed by atoms with Gasteiger partial charge < -0.3 is 0 Å². The molecular weight excluding hydrogens is 861 g/mol. The third-order valence-electron chi connectivity index (χ3n) is 10.6. The standard InChI is InChI=1S/2C23H25N3O3S2/c2*1-18(20-10-6-3-7-11-20)25-31(28,29)15-13-22-21-17-30(27)14-12-23(21)26(24-22)16-19-8-4-2-5-9-19/h2*2-11,13,15,18,25H,12,14,16-17H2,1H3/b2*15-13+/t2*18-,30?/m10/s1. The van der Waals surface area contributed by atoms with Gasteiger partial charge in [0.2, 0.25) is 20.0 Å². The Bertz CT molecular complexity index is 2600. The summed E-state index contributed by atoms with van der Waals surface area (Å²) in [5.74, 6) is 2.01. The summed E-state index contributed by atoms with van der Waals surface area (Å²) in [5, 5.41) is 11.6. The molecule has 62 heavy (non-hydrogen) atoms. The molecule has 0 radical (unpaired) electrons. The zero-order valence-corrected chi connectivity index (χ0v) is 37.8. The van der Waals surface area contributed by atoms with Gasteiger partial charge in [-0.15, -0.1) is 0 Å². The van der Waals surface area contributed by atoms with E-state index in [2.05, 4.69) is 19.6 Å². The van der Waals surface area contributed by atoms with Crippen LogP contribution in [0.25, 0.3) is 12.2 Å². The molecule has 2 aliphatic rings. The highest BCUT2D eigenvalue weighted by molar-refractivity contribution is 7.92. The minimum Gasteiger partial charge on any atom is -0.264 e. The van der Waals surface area contributed by atoms with E-state index in [9.17, 15) is 25.3 Å². The first kappa shape index (κ1) is 44.9. The molecule has 0 spiro atoms. The van der Waals surface area contributed by atoms with Crippen LogP contribution in [0.5, 0.6) is 0 Å². The highest BCUT2D eigenvalue weighted by Gasteiger charge is 2.25. The van der Waals surface area contributed by atoms with Crippen LogP contribution < -0.4 is 9.44 Å². The van der Waals surface area contributed by atoms with Crippen LogP contribution in [0.2, 0.25) is 0 Å². The molecule has 12 nitrogen and oxygen atoms in total. The van der Waals surface area contributed by atoms with Crippen LogP contribution in [-0.2, 0) is 79.1 Å². The summed E-state index contributed by atoms with van der Waals surface area (Å²) in [6.07, 6.45) is 4.38. The smallest absolute Gasteiger partial charge is 0.234 e. The maximum absolute atomic E-state index is 12.6. The quantitative estimate of drug-likeness (QED) is 0.121. The fraction of sp³-hybridized carbons (Fsp3) is 0.261. The van der Waals surface area contributed by atoms with Crippen LogP contribution in [0.15, 0.2) is 132 Å². The molecule has 0 fully saturated rings. The van der Waals surface area contributed by atoms with E-state index in [-0.39, 0.29) is 12.1 Å². The molecule has 0 bridgehead atoms. The van der Waals surface area contributed by atoms with Crippen LogP contribution in [0, 0.1) is 0 Å². The summed E-state index contributed by atoms with van der Waals surface area (Å²) in [5.41, 5.74) is 8.96. The summed E-state index contributed by atoms with van der Waals surface area (Å²) in [4.78, 5) is 0. The van der Waals surface area contributed by atoms with E-state index in [0.717, 1.165) is 55.6 Å². The van der Waals surface area contributed by atoms with Crippen molar-refractivity contribution < 1.29 is 25.3 Å². The average Bonchev–Trinajstić information content (AvgIpc) is 3.79. The highest BCUT2D eigenvalue weighted by Crippen LogP contribution is 2.27. The third kappa shape index (κ3) is 12.1. The number of benzene rings is 4. The summed E-state index contributed by atoms with van der Waals surface area (Å²) in [6, 6.07) is 38.1. The lowest BCUT2D eigenvalue weighted by molar-refractivity contribution is 0.574. The molecule has 0 aliphatic carbocycles. The molecule has 6 aromatic rings. The molecule has 2 unspecified atom stereocenters. The lowest BCUT2D eigenvalue weighted by Crippen LogP contribution is -2.24. The number of hydrogen-bond donors (Lipinski definition) is 2. The zero-order chi connectivity index (χ0) is 43.7. The van der Waals surface area contributed by atoms with E-state index in [0.29, 0.717) is 60.3 Å². The highest BCUT2D eigenvalue weighted by atomic mass is 32.2. The van der Waals surface area contributed by atoms with Crippen molar-refractivity contribution in [3.8, 4) is 0 Å². The predicted octanol–water partition coefficient (Wildman–Crippen LogP) is 6.78. The maximum Gasteiger partial charge on any atom is 0.234 e. The Hall–Kier alpha value is -5.10. The average molecular weight is 911 g/mol. The van der Waals surface area contributed by atoms with E-state index in [4.69, 9.17) is 0 Å². The minimum atomic E-state index is -3.67. The van der Waals surface area contributed by atoms with Crippen LogP contribution in [-0.4, -0.2) is 56.3 Å². The molecule has 8 rings (SSSR count). The molecule has 0 saturated heterocycles. The topological polar surface area (TPSA) is 162 Å². The van der Waals surface area contributed by atoms with Gasteiger partial charge >= 0.3 is 0 Å². The van der Waals surface area contributed by atoms with Gasteiger partial charge in [-0.1, -0.05) is 121 Å². The lowest BCUT2D eigenvalue weighted by atomic mass is 10.1. The summed E-state index contributed by atoms with van der Waals surface area (Å²) in [7, 11) is -9.26. The molecular formula is C46H50N6O6S4. The van der Waals surface area contributed by atoms with Crippen LogP contribution in [0.3, 0.4) is 0 Å². The predicted molar refractivity (Wildman–Crippen MR) is 248 cm³/mol. The van der Waals surface area contributed by atoms with E-state index >= 15 is 0 Å². The lowest BCUT2D eigenvalue weighted by Gasteiger charge is -2.14. The Morgan fingerprint density at radius 1 is 0.565 bits per heavy atom. The number of sulfonamides is 2. The number of nitrogens with one attached hydrogen (secondary N) is 2. The van der Waals surface area contributed by atoms with Crippen molar-refractivity contribution in [1.82, 2.24) is 29.0 Å². The number of rotatable bonds is 14. The Morgan fingerprint density at radius 3 is 1.26 bits per heavy atom. The van der Waals surface area contributed by atoms with Gasteiger partial charge in [0.15, 0.2) is 0 Å². The normalized spacial score (nSPS) is 17.5. The molecule has 4 aromatic carbocycles. The van der Waals surface area contributed by atoms with Gasteiger partial charge in [0.05, 0.1) is 36.0 Å². The summed E-state index contributed by atoms with van der Waals surface area (Å²) < 4.78 is 84.0. The maximum atomic E-state index is 12.6. The van der Waals surface area contributed by atoms with Crippen molar-refractivity contribution in [2.45, 2.75) is 63.4 Å². The first-order chi connectivity index (χ1) is 29.8. The summed E-state index contributed by atoms with van der Waals surface area (Å²) >= 11 is 0. The van der Waals surface area contributed by atoms with Crippen molar-refractivity contribution in [3.63, 3.8) is 0 Å². The molecule has 2 aliphatic heterocycles. The Kier molecular flexibility index (Phi) is 14.8. The monoisotopic (exact) mass is 910 g/mol. The Balaban J connectivity index is 0.000000186. The molecule has 4 atom stereocenters. The number of nitrogens with zero attached hydrogens (tertiary/aromatic N) is 4. The second-order valence-electron chi connectivity index (χ2n) is 15.2. The molecule has 2 N–H and O–H groups in total. The van der Waals surface area contributed by atoms with Crippen LogP contribution >= 0.6 is 0 Å². The van der Waals surface area contributed by atoms with E-state index in [1.54, 1.807) is 13.8 Å². The second-order valence-corrected chi connectivity index (χ2v) is 21.5. The van der Waals surface area contributed by atoms with Gasteiger partial charge in [-0.05, 0) is 48.3 Å². The summed E-state index contributed by atoms with van der Waals surface area (Å²) in [6.45, 7) is 4.81. The number of hydrogen-bond acceptors (Lipinski definition) is 8. The first-order valence-corrected chi connectivity index (χ1v) is 26.3. The van der Waals surface area contributed by atoms with Crippen molar-refractivity contribution in [2.24, 2.45) is 0 Å². The van der Waals surface area contributed by atoms with E-state index < -0.39 is 41.6 Å². The fourth-order valence-electron chi connectivity index (χ4n) is 7.41. The zero-order valence-electron chi connectivity index (χ0n) is 34.5. The van der Waals surface area contributed by atoms with Crippen LogP contribution in [0.4, 0.5) is 0 Å². The van der Waals surface area contributed by atoms with Crippen molar-refractivity contribution in [3.05, 3.63) is 188 Å². The Morgan fingerprint density at radius 2 is 0.903 bits per heavy atom. The third-order valence-corrected chi connectivity index (χ3v) is 15.5.